The van der Waals surface area contributed by atoms with Gasteiger partial charge in [0.1, 0.15) is 18.5 Å². The Morgan fingerprint density at radius 2 is 1.78 bits per heavy atom. The Balaban J connectivity index is 2.53. The number of carboxylic acid groups (broad SMARTS) is 2. The zero-order valence-electron chi connectivity index (χ0n) is 9.74. The molecule has 0 heterocycles. The third kappa shape index (κ3) is 3.74. The number of rotatable bonds is 6. The van der Waals surface area contributed by atoms with Crippen molar-refractivity contribution >= 4 is 11.9 Å². The van der Waals surface area contributed by atoms with Crippen molar-refractivity contribution in [2.45, 2.75) is 13.0 Å². The van der Waals surface area contributed by atoms with Gasteiger partial charge < -0.3 is 20.1 Å². The number of carboxylic acids is 2. The zero-order chi connectivity index (χ0) is 13.7. The average molecular weight is 254 g/mol. The predicted octanol–water partition coefficient (Wildman–Crippen LogP) is 0.845. The number of aliphatic hydroxyl groups is 1. The van der Waals surface area contributed by atoms with Crippen LogP contribution in [0.25, 0.3) is 0 Å². The van der Waals surface area contributed by atoms with Gasteiger partial charge in [0.2, 0.25) is 0 Å². The number of hydrogen-bond donors (Lipinski definition) is 3. The fourth-order valence-corrected chi connectivity index (χ4v) is 1.18. The van der Waals surface area contributed by atoms with Gasteiger partial charge in [-0.2, -0.15) is 0 Å². The number of aliphatic carboxylic acids is 1. The molecular weight excluding hydrogens is 240 g/mol. The summed E-state index contributed by atoms with van der Waals surface area (Å²) in [5, 5.41) is 26.8. The molecular formula is C12H14O6. The van der Waals surface area contributed by atoms with Crippen LogP contribution in [0.1, 0.15) is 17.3 Å². The van der Waals surface area contributed by atoms with E-state index in [0.29, 0.717) is 5.75 Å². The van der Waals surface area contributed by atoms with Gasteiger partial charge in [0.15, 0.2) is 0 Å². The van der Waals surface area contributed by atoms with Crippen molar-refractivity contribution in [1.29, 1.82) is 0 Å². The second-order valence-electron chi connectivity index (χ2n) is 3.83. The highest BCUT2D eigenvalue weighted by Gasteiger charge is 2.21. The molecule has 0 radical (unpaired) electrons. The molecule has 0 aliphatic carbocycles. The summed E-state index contributed by atoms with van der Waals surface area (Å²) in [4.78, 5) is 21.2. The Labute approximate surface area is 103 Å². The minimum atomic E-state index is -1.12. The summed E-state index contributed by atoms with van der Waals surface area (Å²) in [5.74, 6) is -2.70. The van der Waals surface area contributed by atoms with Crippen LogP contribution < -0.4 is 4.74 Å². The van der Waals surface area contributed by atoms with Gasteiger partial charge in [0.05, 0.1) is 11.5 Å². The van der Waals surface area contributed by atoms with Crippen molar-refractivity contribution in [1.82, 2.24) is 0 Å². The third-order valence-corrected chi connectivity index (χ3v) is 2.49. The summed E-state index contributed by atoms with van der Waals surface area (Å²) in [6.45, 7) is 1.21. The van der Waals surface area contributed by atoms with Gasteiger partial charge in [0.25, 0.3) is 0 Å². The molecule has 18 heavy (non-hydrogen) atoms. The van der Waals surface area contributed by atoms with Gasteiger partial charge in [0, 0.05) is 0 Å². The van der Waals surface area contributed by atoms with E-state index in [9.17, 15) is 14.7 Å². The van der Waals surface area contributed by atoms with E-state index in [0.717, 1.165) is 0 Å². The van der Waals surface area contributed by atoms with E-state index in [1.165, 1.54) is 31.2 Å². The molecule has 0 aliphatic heterocycles. The molecule has 0 aromatic heterocycles. The number of aliphatic hydroxyl groups excluding tert-OH is 1. The van der Waals surface area contributed by atoms with Gasteiger partial charge in [-0.25, -0.2) is 4.79 Å². The summed E-state index contributed by atoms with van der Waals surface area (Å²) in [7, 11) is 0. The minimum Gasteiger partial charge on any atom is -0.491 e. The average Bonchev–Trinajstić information content (AvgIpc) is 2.35. The van der Waals surface area contributed by atoms with Crippen LogP contribution >= 0.6 is 0 Å². The molecule has 1 aromatic rings. The molecule has 1 aromatic carbocycles. The van der Waals surface area contributed by atoms with Crippen LogP contribution in [0.5, 0.6) is 5.75 Å². The molecule has 0 saturated carbocycles. The monoisotopic (exact) mass is 254 g/mol. The summed E-state index contributed by atoms with van der Waals surface area (Å²) < 4.78 is 5.17. The topological polar surface area (TPSA) is 104 Å². The van der Waals surface area contributed by atoms with Crippen molar-refractivity contribution in [3.63, 3.8) is 0 Å². The quantitative estimate of drug-likeness (QED) is 0.695. The van der Waals surface area contributed by atoms with E-state index < -0.39 is 24.0 Å². The van der Waals surface area contributed by atoms with Crippen molar-refractivity contribution in [3.8, 4) is 5.75 Å². The second kappa shape index (κ2) is 6.02. The van der Waals surface area contributed by atoms with Crippen molar-refractivity contribution in [2.24, 2.45) is 5.92 Å². The molecule has 0 bridgehead atoms. The maximum absolute atomic E-state index is 10.6. The summed E-state index contributed by atoms with van der Waals surface area (Å²) >= 11 is 0. The molecule has 0 amide bonds. The maximum Gasteiger partial charge on any atom is 0.335 e. The molecule has 0 unspecified atom stereocenters. The first kappa shape index (κ1) is 14.0. The van der Waals surface area contributed by atoms with Gasteiger partial charge >= 0.3 is 11.9 Å². The van der Waals surface area contributed by atoms with Crippen LogP contribution in [0.15, 0.2) is 24.3 Å². The molecule has 1 rings (SSSR count). The Hall–Kier alpha value is -2.08. The van der Waals surface area contributed by atoms with Crippen LogP contribution in [-0.4, -0.2) is 40.0 Å². The molecule has 0 saturated heterocycles. The molecule has 0 spiro atoms. The first-order valence-corrected chi connectivity index (χ1v) is 5.29. The molecule has 2 atom stereocenters. The lowest BCUT2D eigenvalue weighted by Crippen LogP contribution is -2.30. The van der Waals surface area contributed by atoms with Gasteiger partial charge in [-0.3, -0.25) is 4.79 Å². The highest BCUT2D eigenvalue weighted by Crippen LogP contribution is 2.13. The largest absolute Gasteiger partial charge is 0.491 e. The minimum absolute atomic E-state index is 0.127. The van der Waals surface area contributed by atoms with E-state index in [1.807, 2.05) is 0 Å². The van der Waals surface area contributed by atoms with Crippen LogP contribution in [0.4, 0.5) is 0 Å². The van der Waals surface area contributed by atoms with Crippen molar-refractivity contribution in [3.05, 3.63) is 29.8 Å². The lowest BCUT2D eigenvalue weighted by Gasteiger charge is -2.15. The van der Waals surface area contributed by atoms with Crippen molar-refractivity contribution < 1.29 is 29.6 Å². The summed E-state index contributed by atoms with van der Waals surface area (Å²) in [6, 6.07) is 5.62. The van der Waals surface area contributed by atoms with Crippen molar-refractivity contribution in [2.75, 3.05) is 6.61 Å². The number of aromatic carboxylic acids is 1. The smallest absolute Gasteiger partial charge is 0.335 e. The number of carbonyl (C=O) groups is 2. The molecule has 0 fully saturated rings. The normalized spacial score (nSPS) is 13.7. The summed E-state index contributed by atoms with van der Waals surface area (Å²) in [6.07, 6.45) is -1.12. The maximum atomic E-state index is 10.6. The van der Waals surface area contributed by atoms with Crippen LogP contribution in [-0.2, 0) is 4.79 Å². The van der Waals surface area contributed by atoms with E-state index in [4.69, 9.17) is 14.9 Å². The van der Waals surface area contributed by atoms with Gasteiger partial charge in [-0.05, 0) is 31.2 Å². The number of hydrogen-bond acceptors (Lipinski definition) is 4. The Morgan fingerprint density at radius 1 is 1.22 bits per heavy atom. The molecule has 6 heteroatoms. The number of ether oxygens (including phenoxy) is 1. The van der Waals surface area contributed by atoms with Crippen LogP contribution in [0.2, 0.25) is 0 Å². The first-order chi connectivity index (χ1) is 8.41. The van der Waals surface area contributed by atoms with Crippen LogP contribution in [0, 0.1) is 5.92 Å². The van der Waals surface area contributed by atoms with E-state index in [1.54, 1.807) is 0 Å². The standard InChI is InChI=1S/C12H14O6/c1-7(11(14)15)10(13)6-18-9-4-2-8(3-5-9)12(16)17/h2-5,7,10,13H,6H2,1H3,(H,14,15)(H,16,17)/t7-,10-/m1/s1. The summed E-state index contributed by atoms with van der Waals surface area (Å²) in [5.41, 5.74) is 0.127. The van der Waals surface area contributed by atoms with E-state index in [2.05, 4.69) is 0 Å². The van der Waals surface area contributed by atoms with Gasteiger partial charge in [-0.1, -0.05) is 0 Å². The van der Waals surface area contributed by atoms with Crippen LogP contribution in [0.3, 0.4) is 0 Å². The zero-order valence-corrected chi connectivity index (χ0v) is 9.74. The molecule has 3 N–H and O–H groups in total. The Bertz CT molecular complexity index is 425. The first-order valence-electron chi connectivity index (χ1n) is 5.29. The highest BCUT2D eigenvalue weighted by molar-refractivity contribution is 5.87. The molecule has 98 valence electrons. The SMILES string of the molecule is C[C@@H](C(=O)O)[C@H](O)COc1ccc(C(=O)O)cc1. The predicted molar refractivity (Wildman–Crippen MR) is 61.7 cm³/mol. The second-order valence-corrected chi connectivity index (χ2v) is 3.83. The lowest BCUT2D eigenvalue weighted by molar-refractivity contribution is -0.145. The Morgan fingerprint density at radius 3 is 2.22 bits per heavy atom. The lowest BCUT2D eigenvalue weighted by atomic mass is 10.1. The molecule has 0 aliphatic rings. The molecule has 6 nitrogen and oxygen atoms in total. The van der Waals surface area contributed by atoms with Gasteiger partial charge in [-0.15, -0.1) is 0 Å². The fourth-order valence-electron chi connectivity index (χ4n) is 1.18. The Kier molecular flexibility index (Phi) is 4.67. The number of benzene rings is 1. The van der Waals surface area contributed by atoms with E-state index in [-0.39, 0.29) is 12.2 Å². The van der Waals surface area contributed by atoms with E-state index >= 15 is 0 Å². The third-order valence-electron chi connectivity index (χ3n) is 2.49. The fraction of sp³-hybridized carbons (Fsp3) is 0.333. The highest BCUT2D eigenvalue weighted by atomic mass is 16.5.